The SMILES string of the molecule is CC(C)c1cc(-c2ccc(C(C)(C)C)cc2)cc(C(C)C)c1-c1cccc2nc(-c3[c-]ccc4c3oc3c5ccccc5ccc43)oc12.[2H]C([2H])([2H])c1ccc(-c2[c-]cc(F)cc2)nc1.[Ir]. The Morgan fingerprint density at radius 3 is 2.10 bits per heavy atom. The number of benzene rings is 7. The van der Waals surface area contributed by atoms with Gasteiger partial charge in [-0.1, -0.05) is 151 Å². The Balaban J connectivity index is 0.000000278. The van der Waals surface area contributed by atoms with Crippen molar-refractivity contribution in [1.29, 1.82) is 0 Å². The maximum Gasteiger partial charge on any atom is 0.149 e. The number of fused-ring (bicyclic) bond motifs is 6. The first kappa shape index (κ1) is 39.6. The number of rotatable bonds is 6. The average Bonchev–Trinajstić information content (AvgIpc) is 3.91. The van der Waals surface area contributed by atoms with Crippen LogP contribution in [0.4, 0.5) is 4.39 Å². The van der Waals surface area contributed by atoms with Crippen molar-refractivity contribution in [3.8, 4) is 45.0 Å². The van der Waals surface area contributed by atoms with Gasteiger partial charge in [-0.15, -0.1) is 48.0 Å². The molecule has 6 heteroatoms. The van der Waals surface area contributed by atoms with E-state index in [0.29, 0.717) is 29.0 Å². The molecule has 0 amide bonds. The smallest absolute Gasteiger partial charge is 0.149 e. The molecule has 7 aromatic carbocycles. The first-order chi connectivity index (χ1) is 31.0. The molecule has 0 aliphatic heterocycles. The third-order valence-corrected chi connectivity index (χ3v) is 11.6. The van der Waals surface area contributed by atoms with Crippen molar-refractivity contribution in [2.45, 2.75) is 72.6 Å². The maximum absolute atomic E-state index is 12.7. The number of para-hydroxylation sites is 1. The third-order valence-electron chi connectivity index (χ3n) is 11.6. The largest absolute Gasteiger partial charge is 0.500 e. The van der Waals surface area contributed by atoms with Crippen LogP contribution in [-0.2, 0) is 25.5 Å². The van der Waals surface area contributed by atoms with Crippen molar-refractivity contribution in [1.82, 2.24) is 9.97 Å². The summed E-state index contributed by atoms with van der Waals surface area (Å²) in [6, 6.07) is 50.1. The van der Waals surface area contributed by atoms with Gasteiger partial charge >= 0.3 is 0 Å². The van der Waals surface area contributed by atoms with E-state index in [1.165, 1.54) is 57.8 Å². The van der Waals surface area contributed by atoms with Crippen molar-refractivity contribution in [3.05, 3.63) is 180 Å². The molecule has 317 valence electrons. The van der Waals surface area contributed by atoms with Gasteiger partial charge in [0.2, 0.25) is 0 Å². The molecule has 0 bridgehead atoms. The summed E-state index contributed by atoms with van der Waals surface area (Å²) in [7, 11) is 0. The monoisotopic (exact) mass is 1010 g/mol. The summed E-state index contributed by atoms with van der Waals surface area (Å²) in [5.74, 6) is 0.750. The second-order valence-electron chi connectivity index (χ2n) is 17.6. The van der Waals surface area contributed by atoms with Crippen LogP contribution in [0.25, 0.3) is 88.8 Å². The number of halogens is 1. The van der Waals surface area contributed by atoms with E-state index in [9.17, 15) is 4.39 Å². The zero-order chi connectivity index (χ0) is 45.8. The topological polar surface area (TPSA) is 52.1 Å². The minimum absolute atomic E-state index is 0. The number of aryl methyl sites for hydroxylation is 1. The molecule has 0 saturated heterocycles. The van der Waals surface area contributed by atoms with Crippen molar-refractivity contribution in [3.63, 3.8) is 0 Å². The van der Waals surface area contributed by atoms with E-state index in [1.54, 1.807) is 12.1 Å². The molecule has 0 saturated carbocycles. The van der Waals surface area contributed by atoms with Crippen LogP contribution in [0.1, 0.15) is 86.7 Å². The first-order valence-electron chi connectivity index (χ1n) is 22.6. The molecule has 0 N–H and O–H groups in total. The van der Waals surface area contributed by atoms with Crippen molar-refractivity contribution >= 4 is 43.8 Å². The Morgan fingerprint density at radius 1 is 0.683 bits per heavy atom. The molecule has 4 nitrogen and oxygen atoms in total. The van der Waals surface area contributed by atoms with Crippen LogP contribution in [0.2, 0.25) is 0 Å². The summed E-state index contributed by atoms with van der Waals surface area (Å²) < 4.78 is 47.7. The van der Waals surface area contributed by atoms with Gasteiger partial charge in [-0.2, -0.15) is 0 Å². The number of aromatic nitrogens is 2. The predicted octanol–water partition coefficient (Wildman–Crippen LogP) is 16.2. The van der Waals surface area contributed by atoms with Crippen LogP contribution in [0.3, 0.4) is 0 Å². The summed E-state index contributed by atoms with van der Waals surface area (Å²) in [6.07, 6.45) is 1.31. The van der Waals surface area contributed by atoms with Gasteiger partial charge in [0, 0.05) is 52.6 Å². The van der Waals surface area contributed by atoms with E-state index in [1.807, 2.05) is 12.1 Å². The standard InChI is InChI=1S/C45H40NO2.C12H9FN.Ir/c1-26(2)37-24-30(28-18-21-31(22-19-28)45(5,6)7)25-38(27(3)4)40(37)35-15-11-17-39-43(35)48-44(46-39)36-16-10-14-33-34-23-20-29-12-8-9-13-32(29)41(34)47-42(33)36;1-9-2-7-12(14-8-9)10-3-5-11(13)6-4-10;/h8-15,17-27H,1-7H3;2-3,5-8H,1H3;/q2*-1;/i;1D3;. The van der Waals surface area contributed by atoms with Crippen LogP contribution in [0.15, 0.2) is 148 Å². The van der Waals surface area contributed by atoms with E-state index in [4.69, 9.17) is 17.9 Å². The number of nitrogens with zero attached hydrogens (tertiary/aromatic N) is 2. The summed E-state index contributed by atoms with van der Waals surface area (Å²) in [4.78, 5) is 9.07. The Hall–Kier alpha value is -6.20. The molecule has 1 radical (unpaired) electrons. The molecule has 0 aliphatic carbocycles. The average molecular weight is 1010 g/mol. The molecule has 0 fully saturated rings. The maximum atomic E-state index is 12.7. The zero-order valence-corrected chi connectivity index (χ0v) is 38.8. The number of hydrogen-bond acceptors (Lipinski definition) is 4. The fraction of sp³-hybridized carbons (Fsp3) is 0.193. The van der Waals surface area contributed by atoms with E-state index < -0.39 is 6.85 Å². The van der Waals surface area contributed by atoms with Crippen molar-refractivity contribution in [2.24, 2.45) is 0 Å². The Bertz CT molecular complexity index is 3320. The zero-order valence-electron chi connectivity index (χ0n) is 39.4. The summed E-state index contributed by atoms with van der Waals surface area (Å²) in [6.45, 7) is 13.7. The number of oxazole rings is 1. The summed E-state index contributed by atoms with van der Waals surface area (Å²) in [5, 5.41) is 4.35. The molecular weight excluding hydrogens is 956 g/mol. The fourth-order valence-electron chi connectivity index (χ4n) is 8.24. The molecule has 0 spiro atoms. The van der Waals surface area contributed by atoms with E-state index >= 15 is 0 Å². The fourth-order valence-corrected chi connectivity index (χ4v) is 8.24. The molecule has 10 rings (SSSR count). The first-order valence-corrected chi connectivity index (χ1v) is 21.1. The van der Waals surface area contributed by atoms with E-state index in [-0.39, 0.29) is 36.9 Å². The van der Waals surface area contributed by atoms with Gasteiger partial charge in [0.05, 0.1) is 11.1 Å². The van der Waals surface area contributed by atoms with Crippen LogP contribution < -0.4 is 0 Å². The van der Waals surface area contributed by atoms with Gasteiger partial charge in [-0.3, -0.25) is 9.37 Å². The van der Waals surface area contributed by atoms with Crippen LogP contribution in [-0.4, -0.2) is 9.97 Å². The van der Waals surface area contributed by atoms with Gasteiger partial charge < -0.3 is 13.8 Å². The van der Waals surface area contributed by atoms with E-state index in [0.717, 1.165) is 54.9 Å². The Kier molecular flexibility index (Phi) is 11.0. The van der Waals surface area contributed by atoms with Crippen molar-refractivity contribution in [2.75, 3.05) is 0 Å². The van der Waals surface area contributed by atoms with Crippen LogP contribution in [0, 0.1) is 24.8 Å². The van der Waals surface area contributed by atoms with Crippen LogP contribution in [0.5, 0.6) is 0 Å². The second-order valence-corrected chi connectivity index (χ2v) is 17.6. The van der Waals surface area contributed by atoms with Gasteiger partial charge in [0.15, 0.2) is 0 Å². The van der Waals surface area contributed by atoms with Crippen molar-refractivity contribution < 1.29 is 37.4 Å². The molecule has 0 atom stereocenters. The molecule has 10 aromatic rings. The Labute approximate surface area is 386 Å². The van der Waals surface area contributed by atoms with Gasteiger partial charge in [0.25, 0.3) is 0 Å². The number of furan rings is 1. The third kappa shape index (κ3) is 8.51. The van der Waals surface area contributed by atoms with Gasteiger partial charge in [-0.05, 0) is 85.8 Å². The van der Waals surface area contributed by atoms with Crippen LogP contribution >= 0.6 is 0 Å². The molecule has 63 heavy (non-hydrogen) atoms. The minimum Gasteiger partial charge on any atom is -0.500 e. The minimum atomic E-state index is -2.15. The molecule has 0 unspecified atom stereocenters. The number of hydrogen-bond donors (Lipinski definition) is 0. The molecular formula is C57H49FIrN2O2-2. The molecule has 3 aromatic heterocycles. The second kappa shape index (κ2) is 17.5. The Morgan fingerprint density at radius 2 is 1.43 bits per heavy atom. The number of pyridine rings is 1. The summed E-state index contributed by atoms with van der Waals surface area (Å²) in [5.41, 5.74) is 14.2. The quantitative estimate of drug-likeness (QED) is 0.156. The van der Waals surface area contributed by atoms with E-state index in [2.05, 4.69) is 157 Å². The van der Waals surface area contributed by atoms with Gasteiger partial charge in [0.1, 0.15) is 17.1 Å². The predicted molar refractivity (Wildman–Crippen MR) is 254 cm³/mol. The summed E-state index contributed by atoms with van der Waals surface area (Å²) >= 11 is 0. The molecule has 3 heterocycles. The normalized spacial score (nSPS) is 12.6. The molecule has 0 aliphatic rings. The van der Waals surface area contributed by atoms with Gasteiger partial charge in [-0.25, -0.2) is 0 Å².